The first-order valence-corrected chi connectivity index (χ1v) is 3.29. The van der Waals surface area contributed by atoms with Crippen LogP contribution < -0.4 is 5.90 Å². The third kappa shape index (κ3) is 3.37. The van der Waals surface area contributed by atoms with Crippen LogP contribution in [0.5, 0.6) is 0 Å². The van der Waals surface area contributed by atoms with E-state index in [0.29, 0.717) is 0 Å². The summed E-state index contributed by atoms with van der Waals surface area (Å²) in [6.07, 6.45) is 0. The first-order chi connectivity index (χ1) is 5.74. The molecule has 0 saturated heterocycles. The van der Waals surface area contributed by atoms with E-state index in [9.17, 15) is 10.1 Å². The fourth-order valence-corrected chi connectivity index (χ4v) is 0.810. The van der Waals surface area contributed by atoms with Crippen LogP contribution in [0.25, 0.3) is 0 Å². The van der Waals surface area contributed by atoms with Gasteiger partial charge in [-0.1, -0.05) is 0 Å². The van der Waals surface area contributed by atoms with Gasteiger partial charge in [0.25, 0.3) is 5.69 Å². The number of halogens is 1. The Bertz CT molecular complexity index is 276. The molecule has 0 aromatic heterocycles. The van der Waals surface area contributed by atoms with E-state index >= 15 is 0 Å². The highest BCUT2D eigenvalue weighted by molar-refractivity contribution is 5.85. The Morgan fingerprint density at radius 2 is 1.92 bits per heavy atom. The predicted molar refractivity (Wildman–Crippen MR) is 49.3 cm³/mol. The smallest absolute Gasteiger partial charge is 0.269 e. The van der Waals surface area contributed by atoms with Gasteiger partial charge in [-0.3, -0.25) is 15.0 Å². The van der Waals surface area contributed by atoms with Crippen molar-refractivity contribution in [1.29, 1.82) is 0 Å². The highest BCUT2D eigenvalue weighted by atomic mass is 35.5. The predicted octanol–water partition coefficient (Wildman–Crippen LogP) is 1.41. The van der Waals surface area contributed by atoms with Crippen molar-refractivity contribution in [2.75, 3.05) is 0 Å². The summed E-state index contributed by atoms with van der Waals surface area (Å²) < 4.78 is 0. The molecule has 0 fully saturated rings. The van der Waals surface area contributed by atoms with Crippen molar-refractivity contribution in [3.05, 3.63) is 39.9 Å². The zero-order chi connectivity index (χ0) is 8.97. The summed E-state index contributed by atoms with van der Waals surface area (Å²) >= 11 is 0. The van der Waals surface area contributed by atoms with Crippen LogP contribution in [-0.4, -0.2) is 4.92 Å². The molecule has 1 rings (SSSR count). The number of hydrogen-bond acceptors (Lipinski definition) is 4. The number of nitrogens with zero attached hydrogens (tertiary/aromatic N) is 1. The van der Waals surface area contributed by atoms with E-state index < -0.39 is 4.92 Å². The summed E-state index contributed by atoms with van der Waals surface area (Å²) in [5.41, 5.74) is 0.874. The van der Waals surface area contributed by atoms with Gasteiger partial charge < -0.3 is 0 Å². The molecule has 2 N–H and O–H groups in total. The third-order valence-electron chi connectivity index (χ3n) is 1.40. The minimum absolute atomic E-state index is 0. The standard InChI is InChI=1S/C7H8N2O3.ClH/c8-12-5-6-1-3-7(4-2-6)9(10)11;/h1-4H,5,8H2;1H. The lowest BCUT2D eigenvalue weighted by Crippen LogP contribution is -1.98. The monoisotopic (exact) mass is 204 g/mol. The second kappa shape index (κ2) is 5.47. The van der Waals surface area contributed by atoms with E-state index in [1.807, 2.05) is 0 Å². The molecule has 6 heteroatoms. The van der Waals surface area contributed by atoms with Gasteiger partial charge >= 0.3 is 0 Å². The van der Waals surface area contributed by atoms with Gasteiger partial charge in [-0.05, 0) is 17.7 Å². The van der Waals surface area contributed by atoms with Crippen LogP contribution in [0.1, 0.15) is 5.56 Å². The van der Waals surface area contributed by atoms with Gasteiger partial charge in [0.1, 0.15) is 0 Å². The molecule has 0 unspecified atom stereocenters. The molecule has 0 saturated carbocycles. The maximum absolute atomic E-state index is 10.2. The van der Waals surface area contributed by atoms with Crippen molar-refractivity contribution in [2.45, 2.75) is 6.61 Å². The third-order valence-corrected chi connectivity index (χ3v) is 1.40. The van der Waals surface area contributed by atoms with Crippen LogP contribution in [0.15, 0.2) is 24.3 Å². The first kappa shape index (κ1) is 11.8. The van der Waals surface area contributed by atoms with Crippen molar-refractivity contribution in [3.8, 4) is 0 Å². The molecule has 1 aromatic rings. The lowest BCUT2D eigenvalue weighted by atomic mass is 10.2. The van der Waals surface area contributed by atoms with Crippen LogP contribution >= 0.6 is 12.4 Å². The summed E-state index contributed by atoms with van der Waals surface area (Å²) in [7, 11) is 0. The van der Waals surface area contributed by atoms with Crippen molar-refractivity contribution in [1.82, 2.24) is 0 Å². The minimum atomic E-state index is -0.451. The Hall–Kier alpha value is -1.17. The fourth-order valence-electron chi connectivity index (χ4n) is 0.810. The quantitative estimate of drug-likeness (QED) is 0.596. The Kier molecular flexibility index (Phi) is 4.98. The summed E-state index contributed by atoms with van der Waals surface area (Å²) in [6, 6.07) is 6.03. The molecule has 0 aliphatic carbocycles. The minimum Gasteiger partial charge on any atom is -0.300 e. The van der Waals surface area contributed by atoms with Gasteiger partial charge in [0.2, 0.25) is 0 Å². The number of nitro groups is 1. The zero-order valence-electron chi connectivity index (χ0n) is 6.67. The van der Waals surface area contributed by atoms with Crippen molar-refractivity contribution in [3.63, 3.8) is 0 Å². The first-order valence-electron chi connectivity index (χ1n) is 3.29. The number of rotatable bonds is 3. The van der Waals surface area contributed by atoms with Gasteiger partial charge in [-0.2, -0.15) is 0 Å². The molecule has 0 amide bonds. The molecule has 0 aliphatic rings. The normalized spacial score (nSPS) is 9.00. The molecule has 0 spiro atoms. The van der Waals surface area contributed by atoms with Gasteiger partial charge in [0.15, 0.2) is 0 Å². The van der Waals surface area contributed by atoms with Crippen LogP contribution in [0, 0.1) is 10.1 Å². The van der Waals surface area contributed by atoms with Crippen molar-refractivity contribution < 1.29 is 9.76 Å². The lowest BCUT2D eigenvalue weighted by molar-refractivity contribution is -0.384. The van der Waals surface area contributed by atoms with E-state index in [-0.39, 0.29) is 24.7 Å². The van der Waals surface area contributed by atoms with E-state index in [4.69, 9.17) is 5.90 Å². The molecular weight excluding hydrogens is 196 g/mol. The van der Waals surface area contributed by atoms with Gasteiger partial charge in [-0.15, -0.1) is 12.4 Å². The summed E-state index contributed by atoms with van der Waals surface area (Å²) in [5.74, 6) is 4.82. The number of nitrogens with two attached hydrogens (primary N) is 1. The van der Waals surface area contributed by atoms with Crippen LogP contribution in [0.2, 0.25) is 0 Å². The van der Waals surface area contributed by atoms with Gasteiger partial charge in [0.05, 0.1) is 11.5 Å². The maximum Gasteiger partial charge on any atom is 0.269 e. The van der Waals surface area contributed by atoms with Crippen LogP contribution in [0.3, 0.4) is 0 Å². The van der Waals surface area contributed by atoms with Crippen molar-refractivity contribution in [2.24, 2.45) is 5.90 Å². The molecule has 0 radical (unpaired) electrons. The Balaban J connectivity index is 0.00000144. The van der Waals surface area contributed by atoms with E-state index in [2.05, 4.69) is 4.84 Å². The molecule has 13 heavy (non-hydrogen) atoms. The number of benzene rings is 1. The molecule has 0 aliphatic heterocycles. The van der Waals surface area contributed by atoms with E-state index in [1.54, 1.807) is 12.1 Å². The SMILES string of the molecule is Cl.NOCc1ccc([N+](=O)[O-])cc1. The Morgan fingerprint density at radius 1 is 1.38 bits per heavy atom. The molecule has 72 valence electrons. The topological polar surface area (TPSA) is 78.4 Å². The average molecular weight is 205 g/mol. The summed E-state index contributed by atoms with van der Waals surface area (Å²) in [5, 5.41) is 10.2. The lowest BCUT2D eigenvalue weighted by Gasteiger charge is -1.96. The Morgan fingerprint density at radius 3 is 2.31 bits per heavy atom. The van der Waals surface area contributed by atoms with Gasteiger partial charge in [-0.25, -0.2) is 5.90 Å². The Labute approximate surface area is 81.0 Å². The summed E-state index contributed by atoms with van der Waals surface area (Å²) in [6.45, 7) is 0.262. The molecule has 0 bridgehead atoms. The van der Waals surface area contributed by atoms with Crippen LogP contribution in [-0.2, 0) is 11.4 Å². The van der Waals surface area contributed by atoms with Crippen LogP contribution in [0.4, 0.5) is 5.69 Å². The van der Waals surface area contributed by atoms with E-state index in [1.165, 1.54) is 12.1 Å². The summed E-state index contributed by atoms with van der Waals surface area (Å²) in [4.78, 5) is 14.1. The highest BCUT2D eigenvalue weighted by Gasteiger charge is 2.02. The number of hydrogen-bond donors (Lipinski definition) is 1. The zero-order valence-corrected chi connectivity index (χ0v) is 7.49. The molecule has 0 heterocycles. The largest absolute Gasteiger partial charge is 0.300 e. The molecular formula is C7H9ClN2O3. The number of non-ortho nitro benzene ring substituents is 1. The van der Waals surface area contributed by atoms with Crippen molar-refractivity contribution >= 4 is 18.1 Å². The molecule has 0 atom stereocenters. The van der Waals surface area contributed by atoms with Gasteiger partial charge in [0, 0.05) is 12.1 Å². The molecule has 1 aromatic carbocycles. The second-order valence-corrected chi connectivity index (χ2v) is 2.23. The highest BCUT2D eigenvalue weighted by Crippen LogP contribution is 2.11. The fraction of sp³-hybridized carbons (Fsp3) is 0.143. The number of nitro benzene ring substituents is 1. The second-order valence-electron chi connectivity index (χ2n) is 2.23. The molecule has 5 nitrogen and oxygen atoms in total. The average Bonchev–Trinajstić information content (AvgIpc) is 2.06. The van der Waals surface area contributed by atoms with E-state index in [0.717, 1.165) is 5.56 Å². The maximum atomic E-state index is 10.2.